The molecule has 4 atom stereocenters. The molecule has 0 radical (unpaired) electrons. The lowest BCUT2D eigenvalue weighted by Crippen LogP contribution is -2.58. The summed E-state index contributed by atoms with van der Waals surface area (Å²) in [5, 5.41) is 18.3. The van der Waals surface area contributed by atoms with Gasteiger partial charge in [-0.1, -0.05) is 0 Å². The summed E-state index contributed by atoms with van der Waals surface area (Å²) < 4.78 is 10.1. The van der Waals surface area contributed by atoms with Gasteiger partial charge < -0.3 is 25.4 Å². The van der Waals surface area contributed by atoms with Gasteiger partial charge in [0.1, 0.15) is 18.3 Å². The molecule has 5 heteroatoms. The first-order valence-corrected chi connectivity index (χ1v) is 3.89. The third kappa shape index (κ3) is 1.75. The van der Waals surface area contributed by atoms with E-state index < -0.39 is 24.4 Å². The van der Waals surface area contributed by atoms with Crippen LogP contribution in [-0.4, -0.2) is 54.9 Å². The zero-order valence-corrected chi connectivity index (χ0v) is 7.01. The molecule has 0 aliphatic carbocycles. The number of aliphatic hydroxyl groups is 2. The highest BCUT2D eigenvalue weighted by Gasteiger charge is 2.37. The lowest BCUT2D eigenvalue weighted by molar-refractivity contribution is -0.167. The van der Waals surface area contributed by atoms with Crippen LogP contribution >= 0.6 is 0 Å². The average Bonchev–Trinajstić information content (AvgIpc) is 2.09. The summed E-state index contributed by atoms with van der Waals surface area (Å²) in [6, 6.07) is -0.433. The minimum absolute atomic E-state index is 0.164. The van der Waals surface area contributed by atoms with Gasteiger partial charge >= 0.3 is 0 Å². The fraction of sp³-hybridized carbons (Fsp3) is 1.00. The predicted molar refractivity (Wildman–Crippen MR) is 41.6 cm³/mol. The number of aliphatic hydroxyl groups excluding tert-OH is 2. The Morgan fingerprint density at radius 2 is 2.33 bits per heavy atom. The Morgan fingerprint density at radius 1 is 1.67 bits per heavy atom. The molecule has 5 nitrogen and oxygen atoms in total. The highest BCUT2D eigenvalue weighted by Crippen LogP contribution is 2.16. The Balaban J connectivity index is 2.58. The maximum absolute atomic E-state index is 9.50. The lowest BCUT2D eigenvalue weighted by Gasteiger charge is -2.37. The van der Waals surface area contributed by atoms with Gasteiger partial charge in [0.15, 0.2) is 0 Å². The van der Waals surface area contributed by atoms with Gasteiger partial charge in [0.05, 0.1) is 19.3 Å². The van der Waals surface area contributed by atoms with Crippen LogP contribution in [0.15, 0.2) is 0 Å². The zero-order valence-electron chi connectivity index (χ0n) is 7.01. The topological polar surface area (TPSA) is 84.9 Å². The molecule has 1 saturated heterocycles. The molecule has 1 rings (SSSR count). The monoisotopic (exact) mass is 177 g/mol. The van der Waals surface area contributed by atoms with Crippen molar-refractivity contribution in [3.63, 3.8) is 0 Å². The summed E-state index contributed by atoms with van der Waals surface area (Å²) in [6.07, 6.45) is -1.76. The van der Waals surface area contributed by atoms with E-state index in [1.165, 1.54) is 7.11 Å². The summed E-state index contributed by atoms with van der Waals surface area (Å²) in [7, 11) is 1.46. The molecule has 0 spiro atoms. The van der Waals surface area contributed by atoms with Crippen LogP contribution in [0.4, 0.5) is 0 Å². The molecule has 1 heterocycles. The second kappa shape index (κ2) is 4.15. The van der Waals surface area contributed by atoms with Crippen LogP contribution in [-0.2, 0) is 9.47 Å². The van der Waals surface area contributed by atoms with E-state index in [1.54, 1.807) is 0 Å². The molecule has 1 aliphatic heterocycles. The number of rotatable bonds is 2. The highest BCUT2D eigenvalue weighted by atomic mass is 16.6. The van der Waals surface area contributed by atoms with Crippen molar-refractivity contribution < 1.29 is 19.7 Å². The second-order valence-corrected chi connectivity index (χ2v) is 2.91. The zero-order chi connectivity index (χ0) is 9.14. The first-order valence-electron chi connectivity index (χ1n) is 3.89. The quantitative estimate of drug-likeness (QED) is 0.458. The first-order chi connectivity index (χ1) is 5.70. The maximum Gasteiger partial charge on any atom is 0.113 e. The van der Waals surface area contributed by atoms with Crippen molar-refractivity contribution in [1.82, 2.24) is 0 Å². The standard InChI is InChI=1S/C7H15NO4/c1-11-7-5(2-9)12-3-4(8)6(7)10/h4-7,9-10H,2-3,8H2,1H3/t4?,5?,6-,7-/m1/s1. The number of nitrogens with two attached hydrogens (primary N) is 1. The maximum atomic E-state index is 9.50. The third-order valence-corrected chi connectivity index (χ3v) is 2.10. The fourth-order valence-corrected chi connectivity index (χ4v) is 1.34. The van der Waals surface area contributed by atoms with Crippen LogP contribution in [0.2, 0.25) is 0 Å². The Morgan fingerprint density at radius 3 is 2.83 bits per heavy atom. The van der Waals surface area contributed by atoms with E-state index in [0.29, 0.717) is 0 Å². The number of hydrogen-bond acceptors (Lipinski definition) is 5. The van der Waals surface area contributed by atoms with E-state index in [2.05, 4.69) is 0 Å². The van der Waals surface area contributed by atoms with Crippen molar-refractivity contribution in [2.75, 3.05) is 20.3 Å². The van der Waals surface area contributed by atoms with Crippen LogP contribution in [0, 0.1) is 0 Å². The van der Waals surface area contributed by atoms with E-state index >= 15 is 0 Å². The van der Waals surface area contributed by atoms with E-state index in [0.717, 1.165) is 0 Å². The minimum atomic E-state index is -0.763. The minimum Gasteiger partial charge on any atom is -0.394 e. The second-order valence-electron chi connectivity index (χ2n) is 2.91. The van der Waals surface area contributed by atoms with Crippen LogP contribution in [0.5, 0.6) is 0 Å². The number of ether oxygens (including phenoxy) is 2. The van der Waals surface area contributed by atoms with Crippen molar-refractivity contribution in [3.05, 3.63) is 0 Å². The highest BCUT2D eigenvalue weighted by molar-refractivity contribution is 4.89. The summed E-state index contributed by atoms with van der Waals surface area (Å²) in [5.74, 6) is 0. The van der Waals surface area contributed by atoms with Gasteiger partial charge in [-0.05, 0) is 0 Å². The molecular formula is C7H15NO4. The van der Waals surface area contributed by atoms with Crippen LogP contribution in [0.25, 0.3) is 0 Å². The van der Waals surface area contributed by atoms with Gasteiger partial charge in [-0.3, -0.25) is 0 Å². The summed E-state index contributed by atoms with van der Waals surface area (Å²) in [5.41, 5.74) is 5.52. The van der Waals surface area contributed by atoms with Gasteiger partial charge in [0, 0.05) is 7.11 Å². The Labute approximate surface area is 71.1 Å². The van der Waals surface area contributed by atoms with Gasteiger partial charge in [0.2, 0.25) is 0 Å². The van der Waals surface area contributed by atoms with E-state index in [-0.39, 0.29) is 13.2 Å². The molecule has 1 aliphatic rings. The molecule has 72 valence electrons. The summed E-state index contributed by atoms with van der Waals surface area (Å²) in [6.45, 7) is 0.0918. The van der Waals surface area contributed by atoms with Crippen molar-refractivity contribution in [2.45, 2.75) is 24.4 Å². The normalized spacial score (nSPS) is 43.0. The Hall–Kier alpha value is -0.200. The molecule has 0 aromatic heterocycles. The van der Waals surface area contributed by atoms with E-state index in [9.17, 15) is 5.11 Å². The molecule has 0 amide bonds. The van der Waals surface area contributed by atoms with Crippen molar-refractivity contribution >= 4 is 0 Å². The Kier molecular flexibility index (Phi) is 3.42. The van der Waals surface area contributed by atoms with Gasteiger partial charge in [-0.25, -0.2) is 0 Å². The number of hydrogen-bond donors (Lipinski definition) is 3. The molecule has 12 heavy (non-hydrogen) atoms. The lowest BCUT2D eigenvalue weighted by atomic mass is 9.99. The van der Waals surface area contributed by atoms with E-state index in [1.807, 2.05) is 0 Å². The van der Waals surface area contributed by atoms with Gasteiger partial charge in [-0.2, -0.15) is 0 Å². The predicted octanol–water partition coefficient (Wildman–Crippen LogP) is -1.92. The van der Waals surface area contributed by atoms with Crippen molar-refractivity contribution in [3.8, 4) is 0 Å². The van der Waals surface area contributed by atoms with Crippen molar-refractivity contribution in [1.29, 1.82) is 0 Å². The van der Waals surface area contributed by atoms with E-state index in [4.69, 9.17) is 20.3 Å². The summed E-state index contributed by atoms with van der Waals surface area (Å²) >= 11 is 0. The first kappa shape index (κ1) is 9.88. The smallest absolute Gasteiger partial charge is 0.113 e. The molecule has 1 fully saturated rings. The Bertz CT molecular complexity index is 141. The van der Waals surface area contributed by atoms with Crippen LogP contribution < -0.4 is 5.73 Å². The SMILES string of the molecule is CO[C@@H]1C(CO)OCC(N)[C@H]1O. The average molecular weight is 177 g/mol. The van der Waals surface area contributed by atoms with Crippen LogP contribution in [0.3, 0.4) is 0 Å². The molecule has 0 saturated carbocycles. The molecule has 2 unspecified atom stereocenters. The molecule has 0 aromatic carbocycles. The van der Waals surface area contributed by atoms with Crippen molar-refractivity contribution in [2.24, 2.45) is 5.73 Å². The molecule has 4 N–H and O–H groups in total. The molecule has 0 bridgehead atoms. The summed E-state index contributed by atoms with van der Waals surface area (Å²) in [4.78, 5) is 0. The van der Waals surface area contributed by atoms with Gasteiger partial charge in [0.25, 0.3) is 0 Å². The number of methoxy groups -OCH3 is 1. The molecular weight excluding hydrogens is 162 g/mol. The van der Waals surface area contributed by atoms with Crippen LogP contribution in [0.1, 0.15) is 0 Å². The third-order valence-electron chi connectivity index (χ3n) is 2.10. The molecule has 0 aromatic rings. The van der Waals surface area contributed by atoms with Gasteiger partial charge in [-0.15, -0.1) is 0 Å². The fourth-order valence-electron chi connectivity index (χ4n) is 1.34. The largest absolute Gasteiger partial charge is 0.394 e.